The second-order valence-corrected chi connectivity index (χ2v) is 2.57. The highest BCUT2D eigenvalue weighted by molar-refractivity contribution is 5.70. The number of rotatable bonds is 1. The quantitative estimate of drug-likeness (QED) is 0.552. The highest BCUT2D eigenvalue weighted by atomic mass is 16.5. The molecule has 0 aromatic rings. The van der Waals surface area contributed by atoms with Crippen LogP contribution in [0.3, 0.4) is 0 Å². The summed E-state index contributed by atoms with van der Waals surface area (Å²) in [5, 5.41) is 18.5. The van der Waals surface area contributed by atoms with Crippen LogP contribution in [0.4, 0.5) is 0 Å². The van der Waals surface area contributed by atoms with Crippen molar-refractivity contribution in [1.82, 2.24) is 5.06 Å². The van der Waals surface area contributed by atoms with E-state index in [1.165, 1.54) is 5.06 Å². The maximum Gasteiger partial charge on any atom is 0.306 e. The fraction of sp³-hybridized carbons (Fsp3) is 0.833. The van der Waals surface area contributed by atoms with E-state index in [2.05, 4.69) is 0 Å². The summed E-state index contributed by atoms with van der Waals surface area (Å²) in [5.74, 6) is -0.989. The molecular weight excluding hydrogens is 134 g/mol. The molecule has 0 radical (unpaired) electrons. The minimum Gasteiger partial charge on any atom is -0.481 e. The molecule has 10 heavy (non-hydrogen) atoms. The van der Waals surface area contributed by atoms with Gasteiger partial charge in [0.2, 0.25) is 0 Å². The lowest BCUT2D eigenvalue weighted by Crippen LogP contribution is -2.33. The van der Waals surface area contributed by atoms with E-state index in [-0.39, 0.29) is 5.92 Å². The second-order valence-electron chi connectivity index (χ2n) is 2.57. The number of hydrogen-bond acceptors (Lipinski definition) is 3. The molecule has 0 amide bonds. The van der Waals surface area contributed by atoms with E-state index in [9.17, 15) is 4.79 Å². The summed E-state index contributed by atoms with van der Waals surface area (Å²) >= 11 is 0. The van der Waals surface area contributed by atoms with Crippen molar-refractivity contribution in [2.45, 2.75) is 12.8 Å². The number of hydrogen-bond donors (Lipinski definition) is 2. The first-order chi connectivity index (χ1) is 4.70. The van der Waals surface area contributed by atoms with Crippen molar-refractivity contribution in [3.8, 4) is 0 Å². The van der Waals surface area contributed by atoms with Gasteiger partial charge in [0.1, 0.15) is 0 Å². The Balaban J connectivity index is 2.33. The Morgan fingerprint density at radius 2 is 1.90 bits per heavy atom. The molecule has 0 saturated carbocycles. The number of carboxylic acids is 1. The molecule has 2 N–H and O–H groups in total. The molecule has 1 aliphatic heterocycles. The number of hydroxylamine groups is 2. The zero-order chi connectivity index (χ0) is 7.56. The molecule has 0 unspecified atom stereocenters. The Bertz CT molecular complexity index is 129. The summed E-state index contributed by atoms with van der Waals surface area (Å²) in [6.07, 6.45) is 1.12. The first-order valence-electron chi connectivity index (χ1n) is 3.37. The van der Waals surface area contributed by atoms with Crippen LogP contribution in [-0.4, -0.2) is 34.4 Å². The molecule has 0 atom stereocenters. The van der Waals surface area contributed by atoms with Crippen LogP contribution in [0.2, 0.25) is 0 Å². The molecule has 0 aromatic heterocycles. The monoisotopic (exact) mass is 145 g/mol. The Kier molecular flexibility index (Phi) is 2.24. The molecule has 4 heteroatoms. The summed E-state index contributed by atoms with van der Waals surface area (Å²) in [5.41, 5.74) is 0. The lowest BCUT2D eigenvalue weighted by atomic mass is 9.98. The van der Waals surface area contributed by atoms with Gasteiger partial charge in [0.05, 0.1) is 5.92 Å². The molecule has 4 nitrogen and oxygen atoms in total. The number of nitrogens with zero attached hydrogens (tertiary/aromatic N) is 1. The Hall–Kier alpha value is -0.610. The molecule has 1 fully saturated rings. The van der Waals surface area contributed by atoms with Crippen molar-refractivity contribution in [3.63, 3.8) is 0 Å². The van der Waals surface area contributed by atoms with Crippen molar-refractivity contribution in [2.24, 2.45) is 5.92 Å². The third-order valence-corrected chi connectivity index (χ3v) is 1.82. The third kappa shape index (κ3) is 1.68. The Labute approximate surface area is 59.0 Å². The maximum absolute atomic E-state index is 10.4. The van der Waals surface area contributed by atoms with E-state index in [1.54, 1.807) is 0 Å². The van der Waals surface area contributed by atoms with Crippen LogP contribution in [0.1, 0.15) is 12.8 Å². The van der Waals surface area contributed by atoms with Crippen LogP contribution in [0.25, 0.3) is 0 Å². The Morgan fingerprint density at radius 1 is 1.40 bits per heavy atom. The van der Waals surface area contributed by atoms with E-state index in [0.717, 1.165) is 0 Å². The first-order valence-corrected chi connectivity index (χ1v) is 3.37. The van der Waals surface area contributed by atoms with Crippen LogP contribution < -0.4 is 0 Å². The molecule has 1 aliphatic rings. The highest BCUT2D eigenvalue weighted by Crippen LogP contribution is 2.15. The highest BCUT2D eigenvalue weighted by Gasteiger charge is 2.22. The summed E-state index contributed by atoms with van der Waals surface area (Å²) in [6.45, 7) is 0.966. The molecule has 0 bridgehead atoms. The zero-order valence-electron chi connectivity index (χ0n) is 5.66. The van der Waals surface area contributed by atoms with Crippen molar-refractivity contribution in [1.29, 1.82) is 0 Å². The van der Waals surface area contributed by atoms with Gasteiger partial charge in [-0.2, -0.15) is 5.06 Å². The largest absolute Gasteiger partial charge is 0.481 e. The van der Waals surface area contributed by atoms with E-state index in [0.29, 0.717) is 25.9 Å². The van der Waals surface area contributed by atoms with Gasteiger partial charge in [0.15, 0.2) is 0 Å². The van der Waals surface area contributed by atoms with Crippen LogP contribution in [0, 0.1) is 5.92 Å². The van der Waals surface area contributed by atoms with Crippen molar-refractivity contribution >= 4 is 5.97 Å². The SMILES string of the molecule is O=C(O)C1CCN(O)CC1. The predicted molar refractivity (Wildman–Crippen MR) is 33.7 cm³/mol. The molecule has 1 rings (SSSR count). The van der Waals surface area contributed by atoms with Gasteiger partial charge >= 0.3 is 5.97 Å². The lowest BCUT2D eigenvalue weighted by molar-refractivity contribution is -0.150. The first kappa shape index (κ1) is 7.50. The molecule has 1 heterocycles. The summed E-state index contributed by atoms with van der Waals surface area (Å²) in [7, 11) is 0. The molecular formula is C6H11NO3. The minimum absolute atomic E-state index is 0.247. The number of carboxylic acid groups (broad SMARTS) is 1. The summed E-state index contributed by atoms with van der Waals surface area (Å²) in [4.78, 5) is 10.4. The van der Waals surface area contributed by atoms with Crippen LogP contribution in [-0.2, 0) is 4.79 Å². The van der Waals surface area contributed by atoms with Gasteiger partial charge in [-0.3, -0.25) is 4.79 Å². The average Bonchev–Trinajstić information content (AvgIpc) is 1.88. The standard InChI is InChI=1S/C6H11NO3/c8-6(9)5-1-3-7(10)4-2-5/h5,10H,1-4H2,(H,8,9). The van der Waals surface area contributed by atoms with E-state index >= 15 is 0 Å². The topological polar surface area (TPSA) is 60.8 Å². The molecule has 0 aromatic carbocycles. The van der Waals surface area contributed by atoms with Gasteiger partial charge in [-0.1, -0.05) is 0 Å². The number of carbonyl (C=O) groups is 1. The van der Waals surface area contributed by atoms with Gasteiger partial charge in [-0.15, -0.1) is 0 Å². The molecule has 0 aliphatic carbocycles. The smallest absolute Gasteiger partial charge is 0.306 e. The van der Waals surface area contributed by atoms with Gasteiger partial charge in [0.25, 0.3) is 0 Å². The number of aliphatic carboxylic acids is 1. The van der Waals surface area contributed by atoms with Crippen LogP contribution in [0.15, 0.2) is 0 Å². The van der Waals surface area contributed by atoms with E-state index in [1.807, 2.05) is 0 Å². The van der Waals surface area contributed by atoms with E-state index in [4.69, 9.17) is 10.3 Å². The van der Waals surface area contributed by atoms with Crippen molar-refractivity contribution in [3.05, 3.63) is 0 Å². The molecule has 58 valence electrons. The fourth-order valence-electron chi connectivity index (χ4n) is 1.11. The van der Waals surface area contributed by atoms with Gasteiger partial charge in [0, 0.05) is 13.1 Å². The maximum atomic E-state index is 10.4. The zero-order valence-corrected chi connectivity index (χ0v) is 5.66. The van der Waals surface area contributed by atoms with Crippen molar-refractivity contribution in [2.75, 3.05) is 13.1 Å². The van der Waals surface area contributed by atoms with E-state index < -0.39 is 5.97 Å². The second kappa shape index (κ2) is 2.98. The lowest BCUT2D eigenvalue weighted by Gasteiger charge is -2.24. The third-order valence-electron chi connectivity index (χ3n) is 1.82. The number of piperidine rings is 1. The molecule has 0 spiro atoms. The van der Waals surface area contributed by atoms with Crippen LogP contribution >= 0.6 is 0 Å². The predicted octanol–water partition coefficient (Wildman–Crippen LogP) is 0.172. The minimum atomic E-state index is -0.742. The van der Waals surface area contributed by atoms with Gasteiger partial charge in [-0.25, -0.2) is 0 Å². The van der Waals surface area contributed by atoms with Crippen molar-refractivity contribution < 1.29 is 15.1 Å². The summed E-state index contributed by atoms with van der Waals surface area (Å²) in [6, 6.07) is 0. The Morgan fingerprint density at radius 3 is 2.30 bits per heavy atom. The van der Waals surface area contributed by atoms with Gasteiger partial charge in [-0.05, 0) is 12.8 Å². The fourth-order valence-corrected chi connectivity index (χ4v) is 1.11. The average molecular weight is 145 g/mol. The van der Waals surface area contributed by atoms with Crippen LogP contribution in [0.5, 0.6) is 0 Å². The molecule has 1 saturated heterocycles. The van der Waals surface area contributed by atoms with Gasteiger partial charge < -0.3 is 10.3 Å². The normalized spacial score (nSPS) is 22.9. The summed E-state index contributed by atoms with van der Waals surface area (Å²) < 4.78 is 0.